The molecule has 3 heteroatoms. The molecule has 0 bridgehead atoms. The summed E-state index contributed by atoms with van der Waals surface area (Å²) in [6, 6.07) is 5.80. The molecule has 0 spiro atoms. The Morgan fingerprint density at radius 2 is 1.92 bits per heavy atom. The van der Waals surface area contributed by atoms with Crippen LogP contribution in [-0.2, 0) is 7.05 Å². The van der Waals surface area contributed by atoms with E-state index in [2.05, 4.69) is 0 Å². The molecule has 0 aliphatic carbocycles. The highest BCUT2D eigenvalue weighted by molar-refractivity contribution is 6.33. The topological polar surface area (TPSA) is 4.93 Å². The van der Waals surface area contributed by atoms with Gasteiger partial charge in [-0.2, -0.15) is 0 Å². The van der Waals surface area contributed by atoms with E-state index in [4.69, 9.17) is 23.2 Å². The molecule has 0 amide bonds. The van der Waals surface area contributed by atoms with Crippen molar-refractivity contribution in [2.75, 3.05) is 0 Å². The number of nitrogens with zero attached hydrogens (tertiary/aromatic N) is 1. The van der Waals surface area contributed by atoms with Crippen LogP contribution in [0.2, 0.25) is 10.2 Å². The van der Waals surface area contributed by atoms with Gasteiger partial charge < -0.3 is 4.57 Å². The predicted octanol–water partition coefficient (Wildman–Crippen LogP) is 3.79. The Kier molecular flexibility index (Phi) is 2.01. The van der Waals surface area contributed by atoms with Gasteiger partial charge in [0.05, 0.1) is 0 Å². The molecule has 0 saturated heterocycles. The second-order valence-electron chi connectivity index (χ2n) is 3.14. The Morgan fingerprint density at radius 3 is 2.62 bits per heavy atom. The SMILES string of the molecule is Cc1c(Cl)n(C)c2ccc(Cl)cc12. The largest absolute Gasteiger partial charge is 0.335 e. The minimum Gasteiger partial charge on any atom is -0.335 e. The number of aromatic nitrogens is 1. The maximum absolute atomic E-state index is 6.09. The first-order valence-electron chi connectivity index (χ1n) is 4.01. The molecular weight excluding hydrogens is 205 g/mol. The Labute approximate surface area is 86.9 Å². The molecule has 13 heavy (non-hydrogen) atoms. The normalized spacial score (nSPS) is 11.1. The molecule has 1 aromatic carbocycles. The van der Waals surface area contributed by atoms with Crippen LogP contribution < -0.4 is 0 Å². The van der Waals surface area contributed by atoms with E-state index >= 15 is 0 Å². The number of fused-ring (bicyclic) bond motifs is 1. The van der Waals surface area contributed by atoms with Crippen LogP contribution in [0.15, 0.2) is 18.2 Å². The molecule has 1 nitrogen and oxygen atoms in total. The number of rotatable bonds is 0. The monoisotopic (exact) mass is 213 g/mol. The van der Waals surface area contributed by atoms with Gasteiger partial charge in [0.2, 0.25) is 0 Å². The molecule has 2 rings (SSSR count). The van der Waals surface area contributed by atoms with Crippen LogP contribution in [0.5, 0.6) is 0 Å². The first-order chi connectivity index (χ1) is 6.11. The van der Waals surface area contributed by atoms with Gasteiger partial charge in [-0.05, 0) is 30.7 Å². The quantitative estimate of drug-likeness (QED) is 0.628. The average molecular weight is 214 g/mol. The van der Waals surface area contributed by atoms with Crippen molar-refractivity contribution < 1.29 is 0 Å². The van der Waals surface area contributed by atoms with E-state index in [0.717, 1.165) is 26.6 Å². The van der Waals surface area contributed by atoms with E-state index in [-0.39, 0.29) is 0 Å². The summed E-state index contributed by atoms with van der Waals surface area (Å²) in [6.45, 7) is 2.00. The fourth-order valence-electron chi connectivity index (χ4n) is 1.57. The molecule has 68 valence electrons. The zero-order valence-corrected chi connectivity index (χ0v) is 8.95. The zero-order valence-electron chi connectivity index (χ0n) is 7.44. The van der Waals surface area contributed by atoms with Crippen molar-refractivity contribution >= 4 is 34.1 Å². The van der Waals surface area contributed by atoms with Gasteiger partial charge in [0.1, 0.15) is 5.15 Å². The molecule has 0 fully saturated rings. The van der Waals surface area contributed by atoms with E-state index in [1.165, 1.54) is 0 Å². The van der Waals surface area contributed by atoms with E-state index in [1.807, 2.05) is 36.7 Å². The smallest absolute Gasteiger partial charge is 0.112 e. The molecule has 0 aliphatic heterocycles. The van der Waals surface area contributed by atoms with Gasteiger partial charge in [-0.3, -0.25) is 0 Å². The van der Waals surface area contributed by atoms with Gasteiger partial charge >= 0.3 is 0 Å². The zero-order chi connectivity index (χ0) is 9.59. The summed E-state index contributed by atoms with van der Waals surface area (Å²) in [5, 5.41) is 2.65. The molecule has 1 heterocycles. The van der Waals surface area contributed by atoms with Gasteiger partial charge in [-0.25, -0.2) is 0 Å². The first kappa shape index (κ1) is 8.92. The second-order valence-corrected chi connectivity index (χ2v) is 3.93. The third kappa shape index (κ3) is 1.23. The van der Waals surface area contributed by atoms with Crippen molar-refractivity contribution in [2.24, 2.45) is 7.05 Å². The van der Waals surface area contributed by atoms with Crippen molar-refractivity contribution in [3.63, 3.8) is 0 Å². The van der Waals surface area contributed by atoms with Crippen LogP contribution in [0.3, 0.4) is 0 Å². The third-order valence-electron chi connectivity index (χ3n) is 2.33. The summed E-state index contributed by atoms with van der Waals surface area (Å²) in [5.74, 6) is 0. The van der Waals surface area contributed by atoms with Crippen LogP contribution in [0, 0.1) is 6.92 Å². The van der Waals surface area contributed by atoms with Crippen LogP contribution in [0.1, 0.15) is 5.56 Å². The lowest BCUT2D eigenvalue weighted by Crippen LogP contribution is -1.85. The second kappa shape index (κ2) is 2.93. The summed E-state index contributed by atoms with van der Waals surface area (Å²) >= 11 is 12.0. The molecular formula is C10H9Cl2N. The lowest BCUT2D eigenvalue weighted by atomic mass is 10.2. The number of hydrogen-bond donors (Lipinski definition) is 0. The maximum atomic E-state index is 6.09. The standard InChI is InChI=1S/C10H9Cl2N/c1-6-8-5-7(11)3-4-9(8)13(2)10(6)12/h3-5H,1-2H3. The first-order valence-corrected chi connectivity index (χ1v) is 4.77. The molecule has 2 aromatic rings. The highest BCUT2D eigenvalue weighted by Gasteiger charge is 2.09. The van der Waals surface area contributed by atoms with E-state index < -0.39 is 0 Å². The maximum Gasteiger partial charge on any atom is 0.112 e. The summed E-state index contributed by atoms with van der Waals surface area (Å²) in [5.41, 5.74) is 2.20. The Hall–Kier alpha value is -0.660. The average Bonchev–Trinajstić information content (AvgIpc) is 2.32. The van der Waals surface area contributed by atoms with Crippen LogP contribution in [-0.4, -0.2) is 4.57 Å². The number of halogens is 2. The van der Waals surface area contributed by atoms with Crippen LogP contribution in [0.25, 0.3) is 10.9 Å². The summed E-state index contributed by atoms with van der Waals surface area (Å²) in [6.07, 6.45) is 0. The van der Waals surface area contributed by atoms with Crippen LogP contribution in [0.4, 0.5) is 0 Å². The molecule has 0 saturated carbocycles. The van der Waals surface area contributed by atoms with E-state index in [1.54, 1.807) is 0 Å². The van der Waals surface area contributed by atoms with Gasteiger partial charge in [0, 0.05) is 23.0 Å². The summed E-state index contributed by atoms with van der Waals surface area (Å²) < 4.78 is 1.96. The third-order valence-corrected chi connectivity index (χ3v) is 3.10. The number of aryl methyl sites for hydroxylation is 2. The van der Waals surface area contributed by atoms with E-state index in [0.29, 0.717) is 0 Å². The fourth-order valence-corrected chi connectivity index (χ4v) is 1.93. The lowest BCUT2D eigenvalue weighted by molar-refractivity contribution is 0.965. The van der Waals surface area contributed by atoms with Gasteiger partial charge in [-0.1, -0.05) is 23.2 Å². The van der Waals surface area contributed by atoms with Crippen molar-refractivity contribution in [3.05, 3.63) is 33.9 Å². The molecule has 0 radical (unpaired) electrons. The Morgan fingerprint density at radius 1 is 1.23 bits per heavy atom. The van der Waals surface area contributed by atoms with Crippen molar-refractivity contribution in [3.8, 4) is 0 Å². The van der Waals surface area contributed by atoms with Crippen molar-refractivity contribution in [2.45, 2.75) is 6.92 Å². The van der Waals surface area contributed by atoms with Gasteiger partial charge in [0.15, 0.2) is 0 Å². The molecule has 0 unspecified atom stereocenters. The lowest BCUT2D eigenvalue weighted by Gasteiger charge is -1.96. The van der Waals surface area contributed by atoms with Crippen molar-refractivity contribution in [1.82, 2.24) is 4.57 Å². The Bertz CT molecular complexity index is 471. The minimum atomic E-state index is 0.748. The highest BCUT2D eigenvalue weighted by Crippen LogP contribution is 2.29. The Balaban J connectivity index is 2.95. The molecule has 0 atom stereocenters. The van der Waals surface area contributed by atoms with Gasteiger partial charge in [0.25, 0.3) is 0 Å². The molecule has 1 aromatic heterocycles. The van der Waals surface area contributed by atoms with Crippen LogP contribution >= 0.6 is 23.2 Å². The van der Waals surface area contributed by atoms with Gasteiger partial charge in [-0.15, -0.1) is 0 Å². The van der Waals surface area contributed by atoms with Crippen molar-refractivity contribution in [1.29, 1.82) is 0 Å². The molecule has 0 N–H and O–H groups in total. The fraction of sp³-hybridized carbons (Fsp3) is 0.200. The predicted molar refractivity (Wildman–Crippen MR) is 57.7 cm³/mol. The number of hydrogen-bond acceptors (Lipinski definition) is 0. The minimum absolute atomic E-state index is 0.748. The number of benzene rings is 1. The highest BCUT2D eigenvalue weighted by atomic mass is 35.5. The summed E-state index contributed by atoms with van der Waals surface area (Å²) in [7, 11) is 1.95. The molecule has 0 aliphatic rings. The van der Waals surface area contributed by atoms with E-state index in [9.17, 15) is 0 Å². The summed E-state index contributed by atoms with van der Waals surface area (Å²) in [4.78, 5) is 0.